The van der Waals surface area contributed by atoms with Crippen molar-refractivity contribution in [2.45, 2.75) is 66.1 Å². The first-order chi connectivity index (χ1) is 14.2. The third-order valence-electron chi connectivity index (χ3n) is 5.58. The van der Waals surface area contributed by atoms with Crippen molar-refractivity contribution in [1.29, 1.82) is 0 Å². The summed E-state index contributed by atoms with van der Waals surface area (Å²) >= 11 is 0. The molecule has 30 heavy (non-hydrogen) atoms. The van der Waals surface area contributed by atoms with Crippen molar-refractivity contribution in [3.8, 4) is 5.75 Å². The third-order valence-corrected chi connectivity index (χ3v) is 5.58. The van der Waals surface area contributed by atoms with Crippen molar-refractivity contribution >= 4 is 11.8 Å². The van der Waals surface area contributed by atoms with Gasteiger partial charge in [0.25, 0.3) is 0 Å². The topological polar surface area (TPSA) is 58.6 Å². The summed E-state index contributed by atoms with van der Waals surface area (Å²) in [7, 11) is 1.62. The molecule has 0 aliphatic rings. The van der Waals surface area contributed by atoms with Gasteiger partial charge in [-0.25, -0.2) is 0 Å². The van der Waals surface area contributed by atoms with Gasteiger partial charge < -0.3 is 15.0 Å². The van der Waals surface area contributed by atoms with Crippen molar-refractivity contribution in [3.05, 3.63) is 64.7 Å². The van der Waals surface area contributed by atoms with Crippen LogP contribution in [0, 0.1) is 13.8 Å². The van der Waals surface area contributed by atoms with Crippen LogP contribution in [-0.2, 0) is 22.6 Å². The summed E-state index contributed by atoms with van der Waals surface area (Å²) in [4.78, 5) is 27.7. The number of amides is 2. The molecule has 0 saturated heterocycles. The van der Waals surface area contributed by atoms with Gasteiger partial charge in [-0.15, -0.1) is 0 Å². The van der Waals surface area contributed by atoms with Crippen LogP contribution in [0.25, 0.3) is 0 Å². The highest BCUT2D eigenvalue weighted by molar-refractivity contribution is 5.88. The van der Waals surface area contributed by atoms with Gasteiger partial charge in [0.05, 0.1) is 13.5 Å². The van der Waals surface area contributed by atoms with E-state index in [4.69, 9.17) is 4.74 Å². The van der Waals surface area contributed by atoms with Crippen LogP contribution < -0.4 is 10.1 Å². The Hall–Kier alpha value is -2.82. The van der Waals surface area contributed by atoms with Gasteiger partial charge in [0.2, 0.25) is 11.8 Å². The minimum atomic E-state index is -0.579. The highest BCUT2D eigenvalue weighted by atomic mass is 16.5. The van der Waals surface area contributed by atoms with E-state index in [1.165, 1.54) is 5.56 Å². The summed E-state index contributed by atoms with van der Waals surface area (Å²) in [5.41, 5.74) is 4.22. The summed E-state index contributed by atoms with van der Waals surface area (Å²) in [5.74, 6) is 0.513. The minimum absolute atomic E-state index is 0.0634. The monoisotopic (exact) mass is 410 g/mol. The van der Waals surface area contributed by atoms with Crippen molar-refractivity contribution in [3.63, 3.8) is 0 Å². The first kappa shape index (κ1) is 23.5. The molecule has 2 atom stereocenters. The fourth-order valence-electron chi connectivity index (χ4n) is 3.21. The average Bonchev–Trinajstić information content (AvgIpc) is 2.74. The van der Waals surface area contributed by atoms with E-state index in [2.05, 4.69) is 12.2 Å². The lowest BCUT2D eigenvalue weighted by atomic mass is 10.0. The zero-order valence-electron chi connectivity index (χ0n) is 19.0. The summed E-state index contributed by atoms with van der Waals surface area (Å²) < 4.78 is 5.31. The number of carbonyl (C=O) groups excluding carboxylic acids is 2. The molecule has 0 fully saturated rings. The molecule has 2 amide bonds. The molecular weight excluding hydrogens is 376 g/mol. The van der Waals surface area contributed by atoms with Crippen LogP contribution in [-0.4, -0.2) is 35.9 Å². The maximum atomic E-state index is 13.3. The molecule has 2 aromatic rings. The molecule has 2 aromatic carbocycles. The van der Waals surface area contributed by atoms with E-state index in [9.17, 15) is 9.59 Å². The predicted octanol–water partition coefficient (Wildman–Crippen LogP) is 4.19. The Balaban J connectivity index is 2.27. The lowest BCUT2D eigenvalue weighted by molar-refractivity contribution is -0.140. The van der Waals surface area contributed by atoms with Gasteiger partial charge in [-0.2, -0.15) is 0 Å². The van der Waals surface area contributed by atoms with Crippen LogP contribution in [0.4, 0.5) is 0 Å². The number of benzene rings is 2. The highest BCUT2D eigenvalue weighted by Gasteiger charge is 2.27. The van der Waals surface area contributed by atoms with Crippen LogP contribution in [0.2, 0.25) is 0 Å². The van der Waals surface area contributed by atoms with Gasteiger partial charge in [-0.1, -0.05) is 37.3 Å². The Labute approximate surface area is 180 Å². The molecule has 5 nitrogen and oxygen atoms in total. The number of hydrogen-bond acceptors (Lipinski definition) is 3. The number of ether oxygens (including phenoxy) is 1. The van der Waals surface area contributed by atoms with Gasteiger partial charge in [-0.3, -0.25) is 9.59 Å². The standard InChI is InChI=1S/C25H34N2O3/c1-7-19(4)26-25(29)20(5)27(16-22-9-8-10-23(14-22)30-6)24(28)15-21-12-11-17(2)18(3)13-21/h8-14,19-20H,7,15-16H2,1-6H3,(H,26,29)/t19-,20-/m0/s1. The molecule has 1 N–H and O–H groups in total. The number of aryl methyl sites for hydroxylation is 2. The van der Waals surface area contributed by atoms with Crippen molar-refractivity contribution in [1.82, 2.24) is 10.2 Å². The largest absolute Gasteiger partial charge is 0.497 e. The Morgan fingerprint density at radius 2 is 1.77 bits per heavy atom. The van der Waals surface area contributed by atoms with Gasteiger partial charge >= 0.3 is 0 Å². The normalized spacial score (nSPS) is 12.7. The molecule has 0 aliphatic heterocycles. The predicted molar refractivity (Wildman–Crippen MR) is 121 cm³/mol. The fourth-order valence-corrected chi connectivity index (χ4v) is 3.21. The van der Waals surface area contributed by atoms with Gasteiger partial charge in [-0.05, 0) is 68.5 Å². The lowest BCUT2D eigenvalue weighted by Gasteiger charge is -2.30. The van der Waals surface area contributed by atoms with Crippen LogP contribution in [0.5, 0.6) is 5.75 Å². The van der Waals surface area contributed by atoms with Gasteiger partial charge in [0.1, 0.15) is 11.8 Å². The maximum absolute atomic E-state index is 13.3. The number of nitrogens with zero attached hydrogens (tertiary/aromatic N) is 1. The van der Waals surface area contributed by atoms with E-state index in [1.54, 1.807) is 18.9 Å². The van der Waals surface area contributed by atoms with E-state index in [0.717, 1.165) is 28.9 Å². The molecule has 0 spiro atoms. The van der Waals surface area contributed by atoms with Crippen LogP contribution in [0.1, 0.15) is 49.4 Å². The smallest absolute Gasteiger partial charge is 0.242 e. The molecule has 0 aliphatic carbocycles. The van der Waals surface area contributed by atoms with Crippen molar-refractivity contribution < 1.29 is 14.3 Å². The molecule has 0 bridgehead atoms. The second-order valence-electron chi connectivity index (χ2n) is 7.96. The fraction of sp³-hybridized carbons (Fsp3) is 0.440. The van der Waals surface area contributed by atoms with E-state index in [0.29, 0.717) is 6.54 Å². The Morgan fingerprint density at radius 1 is 1.03 bits per heavy atom. The third kappa shape index (κ3) is 6.34. The first-order valence-electron chi connectivity index (χ1n) is 10.5. The zero-order chi connectivity index (χ0) is 22.3. The number of carbonyl (C=O) groups is 2. The quantitative estimate of drug-likeness (QED) is 0.674. The lowest BCUT2D eigenvalue weighted by Crippen LogP contribution is -2.49. The van der Waals surface area contributed by atoms with Crippen LogP contribution in [0.3, 0.4) is 0 Å². The molecule has 0 aromatic heterocycles. The summed E-state index contributed by atoms with van der Waals surface area (Å²) in [5, 5.41) is 3.00. The summed E-state index contributed by atoms with van der Waals surface area (Å²) in [6.45, 7) is 10.2. The van der Waals surface area contributed by atoms with Crippen LogP contribution in [0.15, 0.2) is 42.5 Å². The van der Waals surface area contributed by atoms with Gasteiger partial charge in [0.15, 0.2) is 0 Å². The second kappa shape index (κ2) is 10.8. The molecule has 0 heterocycles. The second-order valence-corrected chi connectivity index (χ2v) is 7.96. The number of methoxy groups -OCH3 is 1. The Kier molecular flexibility index (Phi) is 8.46. The molecule has 0 saturated carbocycles. The molecule has 162 valence electrons. The van der Waals surface area contributed by atoms with E-state index < -0.39 is 6.04 Å². The highest BCUT2D eigenvalue weighted by Crippen LogP contribution is 2.18. The van der Waals surface area contributed by atoms with Gasteiger partial charge in [0, 0.05) is 12.6 Å². The SMILES string of the molecule is CC[C@H](C)NC(=O)[C@H](C)N(Cc1cccc(OC)c1)C(=O)Cc1ccc(C)c(C)c1. The Morgan fingerprint density at radius 3 is 2.40 bits per heavy atom. The Bertz CT molecular complexity index is 878. The van der Waals surface area contributed by atoms with E-state index in [1.807, 2.05) is 63.2 Å². The molecule has 2 rings (SSSR count). The van der Waals surface area contributed by atoms with E-state index >= 15 is 0 Å². The van der Waals surface area contributed by atoms with E-state index in [-0.39, 0.29) is 24.3 Å². The molecule has 0 unspecified atom stereocenters. The van der Waals surface area contributed by atoms with Crippen molar-refractivity contribution in [2.24, 2.45) is 0 Å². The average molecular weight is 411 g/mol. The number of hydrogen-bond donors (Lipinski definition) is 1. The van der Waals surface area contributed by atoms with Crippen LogP contribution >= 0.6 is 0 Å². The molecule has 5 heteroatoms. The summed E-state index contributed by atoms with van der Waals surface area (Å²) in [6, 6.07) is 13.1. The minimum Gasteiger partial charge on any atom is -0.497 e. The molecule has 0 radical (unpaired) electrons. The van der Waals surface area contributed by atoms with Crippen molar-refractivity contribution in [2.75, 3.05) is 7.11 Å². The maximum Gasteiger partial charge on any atom is 0.242 e. The summed E-state index contributed by atoms with van der Waals surface area (Å²) in [6.07, 6.45) is 1.09. The molecular formula is C25H34N2O3. The number of nitrogens with one attached hydrogen (secondary N) is 1. The number of rotatable bonds is 9. The zero-order valence-corrected chi connectivity index (χ0v) is 19.0. The first-order valence-corrected chi connectivity index (χ1v) is 10.5.